The predicted octanol–water partition coefficient (Wildman–Crippen LogP) is 3.41. The highest BCUT2D eigenvalue weighted by Gasteiger charge is 2.30. The highest BCUT2D eigenvalue weighted by molar-refractivity contribution is 5.94. The first-order chi connectivity index (χ1) is 13.8. The predicted molar refractivity (Wildman–Crippen MR) is 117 cm³/mol. The fourth-order valence-electron chi connectivity index (χ4n) is 3.56. The zero-order valence-corrected chi connectivity index (χ0v) is 17.7. The lowest BCUT2D eigenvalue weighted by Gasteiger charge is -2.38. The van der Waals surface area contributed by atoms with Gasteiger partial charge in [-0.2, -0.15) is 0 Å². The standard InChI is InChI=1S/C24H31N3O2/c1-24(2,3)23(29)26-16-14-25(15-17-26)19-22(28)27(21-12-8-5-9-13-21)18-20-10-6-4-7-11-20/h4-13H,14-19H2,1-3H3. The fraction of sp³-hybridized carbons (Fsp3) is 0.417. The van der Waals surface area contributed by atoms with E-state index in [9.17, 15) is 9.59 Å². The first kappa shape index (κ1) is 21.1. The average molecular weight is 394 g/mol. The lowest BCUT2D eigenvalue weighted by Crippen LogP contribution is -2.53. The van der Waals surface area contributed by atoms with Crippen LogP contribution >= 0.6 is 0 Å². The summed E-state index contributed by atoms with van der Waals surface area (Å²) >= 11 is 0. The number of benzene rings is 2. The smallest absolute Gasteiger partial charge is 0.241 e. The van der Waals surface area contributed by atoms with Crippen molar-refractivity contribution in [3.8, 4) is 0 Å². The van der Waals surface area contributed by atoms with Gasteiger partial charge in [-0.15, -0.1) is 0 Å². The summed E-state index contributed by atoms with van der Waals surface area (Å²) in [6.45, 7) is 9.56. The van der Waals surface area contributed by atoms with E-state index in [-0.39, 0.29) is 17.2 Å². The van der Waals surface area contributed by atoms with Crippen LogP contribution in [0.3, 0.4) is 0 Å². The average Bonchev–Trinajstić information content (AvgIpc) is 2.72. The van der Waals surface area contributed by atoms with E-state index in [1.54, 1.807) is 0 Å². The fourth-order valence-corrected chi connectivity index (χ4v) is 3.56. The molecule has 29 heavy (non-hydrogen) atoms. The topological polar surface area (TPSA) is 43.9 Å². The van der Waals surface area contributed by atoms with Crippen LogP contribution in [0.25, 0.3) is 0 Å². The van der Waals surface area contributed by atoms with Crippen LogP contribution in [0, 0.1) is 5.41 Å². The SMILES string of the molecule is CC(C)(C)C(=O)N1CCN(CC(=O)N(Cc2ccccc2)c2ccccc2)CC1. The van der Waals surface area contributed by atoms with Gasteiger partial charge in [-0.25, -0.2) is 0 Å². The maximum atomic E-state index is 13.2. The Morgan fingerprint density at radius 2 is 1.41 bits per heavy atom. The largest absolute Gasteiger partial charge is 0.340 e. The quantitative estimate of drug-likeness (QED) is 0.782. The van der Waals surface area contributed by atoms with Crippen LogP contribution in [0.1, 0.15) is 26.3 Å². The molecule has 0 N–H and O–H groups in total. The Morgan fingerprint density at radius 3 is 1.97 bits per heavy atom. The number of nitrogens with zero attached hydrogens (tertiary/aromatic N) is 3. The summed E-state index contributed by atoms with van der Waals surface area (Å²) in [6, 6.07) is 19.9. The highest BCUT2D eigenvalue weighted by atomic mass is 16.2. The lowest BCUT2D eigenvalue weighted by atomic mass is 9.94. The van der Waals surface area contributed by atoms with Gasteiger partial charge in [0.1, 0.15) is 0 Å². The number of para-hydroxylation sites is 1. The minimum Gasteiger partial charge on any atom is -0.340 e. The number of hydrogen-bond donors (Lipinski definition) is 0. The molecule has 5 heteroatoms. The van der Waals surface area contributed by atoms with Crippen molar-refractivity contribution in [3.63, 3.8) is 0 Å². The normalized spacial score (nSPS) is 15.2. The van der Waals surface area contributed by atoms with Crippen LogP contribution in [-0.4, -0.2) is 54.3 Å². The molecule has 5 nitrogen and oxygen atoms in total. The van der Waals surface area contributed by atoms with E-state index in [0.717, 1.165) is 24.3 Å². The van der Waals surface area contributed by atoms with Gasteiger partial charge in [0, 0.05) is 37.3 Å². The molecule has 0 atom stereocenters. The molecule has 3 rings (SSSR count). The molecular formula is C24H31N3O2. The van der Waals surface area contributed by atoms with Crippen molar-refractivity contribution >= 4 is 17.5 Å². The molecule has 0 saturated carbocycles. The summed E-state index contributed by atoms with van der Waals surface area (Å²) in [5.74, 6) is 0.258. The number of piperazine rings is 1. The molecule has 0 aliphatic carbocycles. The van der Waals surface area contributed by atoms with Crippen molar-refractivity contribution in [2.45, 2.75) is 27.3 Å². The van der Waals surface area contributed by atoms with Gasteiger partial charge in [-0.1, -0.05) is 69.3 Å². The molecule has 1 heterocycles. The van der Waals surface area contributed by atoms with Gasteiger partial charge >= 0.3 is 0 Å². The van der Waals surface area contributed by atoms with Crippen LogP contribution in [0.5, 0.6) is 0 Å². The Kier molecular flexibility index (Phi) is 6.70. The third-order valence-electron chi connectivity index (χ3n) is 5.21. The lowest BCUT2D eigenvalue weighted by molar-refractivity contribution is -0.141. The van der Waals surface area contributed by atoms with Gasteiger partial charge < -0.3 is 9.80 Å². The van der Waals surface area contributed by atoms with Crippen molar-refractivity contribution in [1.29, 1.82) is 0 Å². The molecule has 0 radical (unpaired) electrons. The van der Waals surface area contributed by atoms with Gasteiger partial charge in [0.25, 0.3) is 0 Å². The maximum absolute atomic E-state index is 13.2. The number of hydrogen-bond acceptors (Lipinski definition) is 3. The Hall–Kier alpha value is -2.66. The van der Waals surface area contributed by atoms with Crippen molar-refractivity contribution < 1.29 is 9.59 Å². The maximum Gasteiger partial charge on any atom is 0.241 e. The van der Waals surface area contributed by atoms with E-state index in [2.05, 4.69) is 4.90 Å². The molecule has 1 aliphatic heterocycles. The Bertz CT molecular complexity index is 807. The summed E-state index contributed by atoms with van der Waals surface area (Å²) in [7, 11) is 0. The third-order valence-corrected chi connectivity index (χ3v) is 5.21. The minimum absolute atomic E-state index is 0.0793. The van der Waals surface area contributed by atoms with Gasteiger partial charge in [-0.05, 0) is 17.7 Å². The zero-order chi connectivity index (χ0) is 20.9. The first-order valence-corrected chi connectivity index (χ1v) is 10.3. The molecule has 2 aromatic rings. The molecule has 0 unspecified atom stereocenters. The molecule has 154 valence electrons. The van der Waals surface area contributed by atoms with E-state index in [4.69, 9.17) is 0 Å². The van der Waals surface area contributed by atoms with Crippen LogP contribution < -0.4 is 4.90 Å². The Morgan fingerprint density at radius 1 is 0.862 bits per heavy atom. The van der Waals surface area contributed by atoms with E-state index in [0.29, 0.717) is 26.2 Å². The summed E-state index contributed by atoms with van der Waals surface area (Å²) in [6.07, 6.45) is 0. The summed E-state index contributed by atoms with van der Waals surface area (Å²) < 4.78 is 0. The molecular weight excluding hydrogens is 362 g/mol. The molecule has 2 amide bonds. The van der Waals surface area contributed by atoms with E-state index >= 15 is 0 Å². The second-order valence-electron chi connectivity index (χ2n) is 8.62. The van der Waals surface area contributed by atoms with Crippen molar-refractivity contribution in [3.05, 3.63) is 66.2 Å². The third kappa shape index (κ3) is 5.67. The van der Waals surface area contributed by atoms with E-state index in [1.165, 1.54) is 0 Å². The minimum atomic E-state index is -0.363. The monoisotopic (exact) mass is 393 g/mol. The van der Waals surface area contributed by atoms with Gasteiger partial charge in [0.15, 0.2) is 0 Å². The van der Waals surface area contributed by atoms with Gasteiger partial charge in [-0.3, -0.25) is 14.5 Å². The molecule has 0 spiro atoms. The Labute approximate surface area is 173 Å². The molecule has 1 saturated heterocycles. The van der Waals surface area contributed by atoms with E-state index < -0.39 is 0 Å². The number of carbonyl (C=O) groups is 2. The first-order valence-electron chi connectivity index (χ1n) is 10.3. The van der Waals surface area contributed by atoms with Crippen molar-refractivity contribution in [1.82, 2.24) is 9.80 Å². The molecule has 0 aromatic heterocycles. The second kappa shape index (κ2) is 9.23. The number of rotatable bonds is 5. The van der Waals surface area contributed by atoms with Gasteiger partial charge in [0.05, 0.1) is 13.1 Å². The van der Waals surface area contributed by atoms with Crippen LogP contribution in [0.15, 0.2) is 60.7 Å². The summed E-state index contributed by atoms with van der Waals surface area (Å²) in [5.41, 5.74) is 1.64. The zero-order valence-electron chi connectivity index (χ0n) is 17.7. The number of anilines is 1. The van der Waals surface area contributed by atoms with Crippen LogP contribution in [0.2, 0.25) is 0 Å². The van der Waals surface area contributed by atoms with Crippen LogP contribution in [-0.2, 0) is 16.1 Å². The number of carbonyl (C=O) groups excluding carboxylic acids is 2. The van der Waals surface area contributed by atoms with Gasteiger partial charge in [0.2, 0.25) is 11.8 Å². The summed E-state index contributed by atoms with van der Waals surface area (Å²) in [5, 5.41) is 0. The van der Waals surface area contributed by atoms with Crippen molar-refractivity contribution in [2.24, 2.45) is 5.41 Å². The molecule has 1 aliphatic rings. The molecule has 0 bridgehead atoms. The molecule has 2 aromatic carbocycles. The van der Waals surface area contributed by atoms with Crippen LogP contribution in [0.4, 0.5) is 5.69 Å². The van der Waals surface area contributed by atoms with Crippen molar-refractivity contribution in [2.75, 3.05) is 37.6 Å². The second-order valence-corrected chi connectivity index (χ2v) is 8.62. The number of amides is 2. The van der Waals surface area contributed by atoms with E-state index in [1.807, 2.05) is 91.2 Å². The Balaban J connectivity index is 1.64. The highest BCUT2D eigenvalue weighted by Crippen LogP contribution is 2.20. The molecule has 1 fully saturated rings. The summed E-state index contributed by atoms with van der Waals surface area (Å²) in [4.78, 5) is 31.6.